The smallest absolute Gasteiger partial charge is 0.246 e. The van der Waals surface area contributed by atoms with Gasteiger partial charge in [-0.2, -0.15) is 0 Å². The Morgan fingerprint density at radius 3 is 2.80 bits per heavy atom. The minimum absolute atomic E-state index is 0.00984. The van der Waals surface area contributed by atoms with Crippen molar-refractivity contribution in [2.75, 3.05) is 18.4 Å². The lowest BCUT2D eigenvalue weighted by atomic mass is 10.0. The van der Waals surface area contributed by atoms with Gasteiger partial charge in [0.25, 0.3) is 0 Å². The molecule has 2 aromatic rings. The molecule has 1 unspecified atom stereocenters. The van der Waals surface area contributed by atoms with E-state index in [0.29, 0.717) is 18.3 Å². The van der Waals surface area contributed by atoms with E-state index in [1.165, 1.54) is 6.92 Å². The van der Waals surface area contributed by atoms with Crippen LogP contribution in [0.25, 0.3) is 6.08 Å². The summed E-state index contributed by atoms with van der Waals surface area (Å²) in [7, 11) is 0. The van der Waals surface area contributed by atoms with Gasteiger partial charge in [-0.15, -0.1) is 0 Å². The van der Waals surface area contributed by atoms with Gasteiger partial charge in [-0.05, 0) is 42.3 Å². The number of rotatable bonds is 4. The van der Waals surface area contributed by atoms with Gasteiger partial charge in [0.15, 0.2) is 0 Å². The zero-order valence-electron chi connectivity index (χ0n) is 14.1. The number of hydrogen-bond acceptors (Lipinski definition) is 4. The highest BCUT2D eigenvalue weighted by atomic mass is 16.2. The van der Waals surface area contributed by atoms with Crippen LogP contribution >= 0.6 is 0 Å². The highest BCUT2D eigenvalue weighted by molar-refractivity contribution is 5.92. The fourth-order valence-electron chi connectivity index (χ4n) is 2.85. The van der Waals surface area contributed by atoms with Gasteiger partial charge in [-0.3, -0.25) is 14.6 Å². The number of nitrogens with one attached hydrogen (secondary N) is 1. The lowest BCUT2D eigenvalue weighted by Gasteiger charge is -2.14. The number of carbonyl (C=O) groups excluding carboxylic acids is 2. The first-order valence-electron chi connectivity index (χ1n) is 8.23. The Labute approximate surface area is 146 Å². The normalized spacial score (nSPS) is 17.0. The summed E-state index contributed by atoms with van der Waals surface area (Å²) in [5.41, 5.74) is 1.85. The Morgan fingerprint density at radius 2 is 2.12 bits per heavy atom. The van der Waals surface area contributed by atoms with Crippen molar-refractivity contribution in [3.8, 4) is 0 Å². The van der Waals surface area contributed by atoms with Crippen LogP contribution in [0.15, 0.2) is 48.8 Å². The van der Waals surface area contributed by atoms with Gasteiger partial charge in [-0.1, -0.05) is 6.07 Å². The van der Waals surface area contributed by atoms with Crippen LogP contribution in [0.2, 0.25) is 0 Å². The zero-order chi connectivity index (χ0) is 17.6. The number of hydrogen-bond donors (Lipinski definition) is 1. The van der Waals surface area contributed by atoms with Gasteiger partial charge in [0.05, 0.1) is 0 Å². The van der Waals surface area contributed by atoms with Crippen molar-refractivity contribution in [3.05, 3.63) is 60.1 Å². The van der Waals surface area contributed by atoms with Crippen molar-refractivity contribution in [2.45, 2.75) is 19.3 Å². The molecule has 25 heavy (non-hydrogen) atoms. The lowest BCUT2D eigenvalue weighted by molar-refractivity contribution is -0.125. The molecular formula is C19H20N4O2. The van der Waals surface area contributed by atoms with E-state index in [1.807, 2.05) is 29.2 Å². The van der Waals surface area contributed by atoms with Crippen molar-refractivity contribution < 1.29 is 9.59 Å². The first-order valence-corrected chi connectivity index (χ1v) is 8.23. The third kappa shape index (κ3) is 4.50. The maximum absolute atomic E-state index is 12.3. The van der Waals surface area contributed by atoms with Crippen LogP contribution in [0.5, 0.6) is 0 Å². The monoisotopic (exact) mass is 336 g/mol. The van der Waals surface area contributed by atoms with Gasteiger partial charge in [0, 0.05) is 50.1 Å². The second-order valence-corrected chi connectivity index (χ2v) is 6.02. The van der Waals surface area contributed by atoms with E-state index < -0.39 is 0 Å². The number of carbonyl (C=O) groups is 2. The first kappa shape index (κ1) is 16.8. The van der Waals surface area contributed by atoms with Gasteiger partial charge < -0.3 is 10.2 Å². The van der Waals surface area contributed by atoms with Gasteiger partial charge in [0.2, 0.25) is 11.8 Å². The van der Waals surface area contributed by atoms with Crippen molar-refractivity contribution >= 4 is 23.7 Å². The average molecular weight is 336 g/mol. The Kier molecular flexibility index (Phi) is 5.18. The molecule has 1 fully saturated rings. The molecule has 3 rings (SSSR count). The van der Waals surface area contributed by atoms with Crippen LogP contribution in [0, 0.1) is 0 Å². The second-order valence-electron chi connectivity index (χ2n) is 6.02. The molecular weight excluding hydrogens is 316 g/mol. The first-order chi connectivity index (χ1) is 12.1. The molecule has 128 valence electrons. The predicted octanol–water partition coefficient (Wildman–Crippen LogP) is 2.46. The molecule has 1 atom stereocenters. The molecule has 0 aliphatic carbocycles. The summed E-state index contributed by atoms with van der Waals surface area (Å²) in [4.78, 5) is 33.7. The molecule has 6 heteroatoms. The Bertz CT molecular complexity index is 772. The molecule has 1 N–H and O–H groups in total. The molecule has 6 nitrogen and oxygen atoms in total. The summed E-state index contributed by atoms with van der Waals surface area (Å²) in [6, 6.07) is 9.40. The fourth-order valence-corrected chi connectivity index (χ4v) is 2.85. The van der Waals surface area contributed by atoms with Crippen molar-refractivity contribution in [1.29, 1.82) is 0 Å². The minimum Gasteiger partial charge on any atom is -0.338 e. The van der Waals surface area contributed by atoms with Crippen LogP contribution in [-0.4, -0.2) is 39.8 Å². The molecule has 0 spiro atoms. The Morgan fingerprint density at radius 1 is 1.24 bits per heavy atom. The van der Waals surface area contributed by atoms with E-state index in [2.05, 4.69) is 15.3 Å². The molecule has 2 aromatic heterocycles. The summed E-state index contributed by atoms with van der Waals surface area (Å²) < 4.78 is 0. The number of pyridine rings is 2. The molecule has 0 aromatic carbocycles. The van der Waals surface area contributed by atoms with Gasteiger partial charge >= 0.3 is 0 Å². The fraction of sp³-hybridized carbons (Fsp3) is 0.263. The maximum atomic E-state index is 12.3. The summed E-state index contributed by atoms with van der Waals surface area (Å²) in [5.74, 6) is 0.623. The number of aromatic nitrogens is 2. The third-order valence-electron chi connectivity index (χ3n) is 4.11. The van der Waals surface area contributed by atoms with E-state index in [-0.39, 0.29) is 11.8 Å². The molecule has 1 aliphatic heterocycles. The van der Waals surface area contributed by atoms with E-state index in [0.717, 1.165) is 24.2 Å². The van der Waals surface area contributed by atoms with E-state index >= 15 is 0 Å². The molecule has 2 amide bonds. The lowest BCUT2D eigenvalue weighted by Crippen LogP contribution is -2.26. The van der Waals surface area contributed by atoms with Crippen molar-refractivity contribution in [1.82, 2.24) is 14.9 Å². The minimum atomic E-state index is -0.164. The number of nitrogens with zero attached hydrogens (tertiary/aromatic N) is 3. The zero-order valence-corrected chi connectivity index (χ0v) is 14.1. The maximum Gasteiger partial charge on any atom is 0.246 e. The topological polar surface area (TPSA) is 75.2 Å². The number of anilines is 1. The SMILES string of the molecule is CC(=O)Nc1ccc(/C=C/C(=O)N2CCC(c3ccccn3)C2)cn1. The molecule has 0 saturated carbocycles. The van der Waals surface area contributed by atoms with Gasteiger partial charge in [-0.25, -0.2) is 4.98 Å². The molecule has 0 radical (unpaired) electrons. The van der Waals surface area contributed by atoms with E-state index in [9.17, 15) is 9.59 Å². The molecule has 3 heterocycles. The quantitative estimate of drug-likeness (QED) is 0.870. The standard InChI is InChI=1S/C19H20N4O2/c1-14(24)22-18-7-5-15(12-21-18)6-8-19(25)23-11-9-16(13-23)17-4-2-3-10-20-17/h2-8,10,12,16H,9,11,13H2,1H3,(H,21,22,24)/b8-6+. The Balaban J connectivity index is 1.57. The predicted molar refractivity (Wildman–Crippen MR) is 95.7 cm³/mol. The van der Waals surface area contributed by atoms with Crippen LogP contribution in [0.1, 0.15) is 30.5 Å². The largest absolute Gasteiger partial charge is 0.338 e. The van der Waals surface area contributed by atoms with Gasteiger partial charge in [0.1, 0.15) is 5.82 Å². The third-order valence-corrected chi connectivity index (χ3v) is 4.11. The second kappa shape index (κ2) is 7.70. The summed E-state index contributed by atoms with van der Waals surface area (Å²) in [6.45, 7) is 2.87. The molecule has 1 saturated heterocycles. The van der Waals surface area contributed by atoms with Crippen molar-refractivity contribution in [3.63, 3.8) is 0 Å². The highest BCUT2D eigenvalue weighted by Crippen LogP contribution is 2.25. The number of amides is 2. The average Bonchev–Trinajstić information content (AvgIpc) is 3.11. The molecule has 1 aliphatic rings. The van der Waals surface area contributed by atoms with Crippen LogP contribution in [0.4, 0.5) is 5.82 Å². The van der Waals surface area contributed by atoms with Crippen LogP contribution < -0.4 is 5.32 Å². The van der Waals surface area contributed by atoms with Crippen molar-refractivity contribution in [2.24, 2.45) is 0 Å². The van der Waals surface area contributed by atoms with Crippen LogP contribution in [-0.2, 0) is 9.59 Å². The Hall–Kier alpha value is -3.02. The summed E-state index contributed by atoms with van der Waals surface area (Å²) in [6.07, 6.45) is 7.65. The van der Waals surface area contributed by atoms with E-state index in [1.54, 1.807) is 30.6 Å². The molecule has 0 bridgehead atoms. The number of likely N-dealkylation sites (tertiary alicyclic amines) is 1. The summed E-state index contributed by atoms with van der Waals surface area (Å²) in [5, 5.41) is 2.61. The highest BCUT2D eigenvalue weighted by Gasteiger charge is 2.26. The van der Waals surface area contributed by atoms with Crippen LogP contribution in [0.3, 0.4) is 0 Å². The summed E-state index contributed by atoms with van der Waals surface area (Å²) >= 11 is 0. The van der Waals surface area contributed by atoms with E-state index in [4.69, 9.17) is 0 Å².